The maximum atomic E-state index is 13.7. The van der Waals surface area contributed by atoms with Crippen LogP contribution in [0.4, 0.5) is 4.79 Å². The zero-order chi connectivity index (χ0) is 39.1. The predicted octanol–water partition coefficient (Wildman–Crippen LogP) is -1.92. The first-order valence-electron chi connectivity index (χ1n) is 16.4. The second-order valence-electron chi connectivity index (χ2n) is 13.4. The predicted molar refractivity (Wildman–Crippen MR) is 184 cm³/mol. The average Bonchev–Trinajstić information content (AvgIpc) is 3.49. The molecule has 1 rings (SSSR count). The molecule has 5 atom stereocenters. The Hall–Kier alpha value is -4.62. The van der Waals surface area contributed by atoms with Crippen molar-refractivity contribution in [3.63, 3.8) is 0 Å². The highest BCUT2D eigenvalue weighted by molar-refractivity contribution is 7.98. The molecule has 0 spiro atoms. The zero-order valence-electron chi connectivity index (χ0n) is 29.9. The molecule has 0 unspecified atom stereocenters. The van der Waals surface area contributed by atoms with Gasteiger partial charge in [0, 0.05) is 18.7 Å². The summed E-state index contributed by atoms with van der Waals surface area (Å²) in [5.41, 5.74) is 9.55. The summed E-state index contributed by atoms with van der Waals surface area (Å²) in [4.78, 5) is 114. The van der Waals surface area contributed by atoms with E-state index < -0.39 is 102 Å². The maximum Gasteiger partial charge on any atom is 0.408 e. The molecule has 20 heteroatoms. The number of likely N-dealkylation sites (tertiary alicyclic amines) is 1. The van der Waals surface area contributed by atoms with Crippen molar-refractivity contribution in [3.8, 4) is 0 Å². The van der Waals surface area contributed by atoms with Gasteiger partial charge in [0.1, 0.15) is 42.4 Å². The Kier molecular flexibility index (Phi) is 18.2. The highest BCUT2D eigenvalue weighted by atomic mass is 32.2. The van der Waals surface area contributed by atoms with Crippen molar-refractivity contribution in [3.05, 3.63) is 0 Å². The van der Waals surface area contributed by atoms with Gasteiger partial charge < -0.3 is 52.8 Å². The molecular formula is C31H52N8O11S. The number of carbonyl (C=O) groups excluding carboxylic acids is 8. The summed E-state index contributed by atoms with van der Waals surface area (Å²) in [6.45, 7) is 8.43. The van der Waals surface area contributed by atoms with Gasteiger partial charge in [-0.2, -0.15) is 11.8 Å². The summed E-state index contributed by atoms with van der Waals surface area (Å²) in [6.07, 6.45) is 0.362. The van der Waals surface area contributed by atoms with Crippen LogP contribution in [0, 0.1) is 5.92 Å². The summed E-state index contributed by atoms with van der Waals surface area (Å²) in [6, 6.07) is -6.48. The van der Waals surface area contributed by atoms with E-state index in [0.29, 0.717) is 6.42 Å². The minimum absolute atomic E-state index is 0.0101. The second-order valence-corrected chi connectivity index (χ2v) is 14.4. The molecule has 0 aromatic carbocycles. The van der Waals surface area contributed by atoms with Crippen LogP contribution in [-0.4, -0.2) is 124 Å². The third-order valence-corrected chi connectivity index (χ3v) is 7.94. The number of carbonyl (C=O) groups is 9. The van der Waals surface area contributed by atoms with E-state index >= 15 is 0 Å². The van der Waals surface area contributed by atoms with Crippen LogP contribution in [0.25, 0.3) is 0 Å². The second kappa shape index (κ2) is 20.9. The molecular weight excluding hydrogens is 692 g/mol. The standard InChI is InChI=1S/C31H52N8O11S/c1-16(2)12-19(35-24(42)14-34-30(49)50-31(3,4)5)28(46)39-11-7-8-21(39)27(45)38-20(15-51-6)26(44)37-18(13-23(33)41)25(43)36-17(29(47)48)9-10-22(32)40/h16-21H,7-15H2,1-6H3,(H2,32,40)(H2,33,41)(H,34,49)(H,35,42)(H,36,43)(H,37,44)(H,38,45)(H,47,48)/t17-,18-,19-,20-,21-/m0/s1. The lowest BCUT2D eigenvalue weighted by atomic mass is 10.0. The molecule has 0 aliphatic carbocycles. The van der Waals surface area contributed by atoms with Gasteiger partial charge in [0.25, 0.3) is 0 Å². The third-order valence-electron chi connectivity index (χ3n) is 7.27. The van der Waals surface area contributed by atoms with Gasteiger partial charge >= 0.3 is 12.1 Å². The minimum atomic E-state index is -1.62. The summed E-state index contributed by atoms with van der Waals surface area (Å²) >= 11 is 1.17. The first-order valence-corrected chi connectivity index (χ1v) is 17.8. The van der Waals surface area contributed by atoms with E-state index in [1.807, 2.05) is 13.8 Å². The van der Waals surface area contributed by atoms with Gasteiger partial charge in [0.15, 0.2) is 0 Å². The number of amides is 8. The summed E-state index contributed by atoms with van der Waals surface area (Å²) in [5.74, 6) is -7.11. The third kappa shape index (κ3) is 16.8. The number of alkyl carbamates (subject to hydrolysis) is 1. The van der Waals surface area contributed by atoms with Crippen LogP contribution in [0.3, 0.4) is 0 Å². The van der Waals surface area contributed by atoms with Crippen molar-refractivity contribution in [2.45, 2.75) is 109 Å². The molecule has 0 aromatic rings. The van der Waals surface area contributed by atoms with Crippen LogP contribution in [0.2, 0.25) is 0 Å². The van der Waals surface area contributed by atoms with Crippen LogP contribution in [-0.2, 0) is 43.1 Å². The molecule has 51 heavy (non-hydrogen) atoms. The Morgan fingerprint density at radius 1 is 0.882 bits per heavy atom. The normalized spacial score (nSPS) is 16.5. The van der Waals surface area contributed by atoms with Crippen molar-refractivity contribution in [2.24, 2.45) is 17.4 Å². The number of hydrogen-bond donors (Lipinski definition) is 8. The minimum Gasteiger partial charge on any atom is -0.480 e. The smallest absolute Gasteiger partial charge is 0.408 e. The number of nitrogens with one attached hydrogen (secondary N) is 5. The molecule has 19 nitrogen and oxygen atoms in total. The van der Waals surface area contributed by atoms with Crippen LogP contribution < -0.4 is 38.1 Å². The number of ether oxygens (including phenoxy) is 1. The van der Waals surface area contributed by atoms with Gasteiger partial charge in [-0.1, -0.05) is 13.8 Å². The number of carboxylic acids is 1. The van der Waals surface area contributed by atoms with Gasteiger partial charge in [0.2, 0.25) is 41.4 Å². The lowest BCUT2D eigenvalue weighted by Crippen LogP contribution is -2.59. The SMILES string of the molecule is CSC[C@H](NC(=O)[C@@H]1CCCN1C(=O)[C@H](CC(C)C)NC(=O)CNC(=O)OC(C)(C)C)C(=O)N[C@@H](CC(N)=O)C(=O)N[C@@H](CCC(N)=O)C(=O)O. The molecule has 0 bridgehead atoms. The van der Waals surface area contributed by atoms with Gasteiger partial charge in [-0.15, -0.1) is 0 Å². The molecule has 1 aliphatic rings. The highest BCUT2D eigenvalue weighted by Crippen LogP contribution is 2.21. The molecule has 288 valence electrons. The number of thioether (sulfide) groups is 1. The fourth-order valence-corrected chi connectivity index (χ4v) is 5.59. The van der Waals surface area contributed by atoms with Crippen molar-refractivity contribution in [1.29, 1.82) is 0 Å². The average molecular weight is 745 g/mol. The summed E-state index contributed by atoms with van der Waals surface area (Å²) < 4.78 is 5.13. The van der Waals surface area contributed by atoms with Crippen molar-refractivity contribution >= 4 is 65.2 Å². The Balaban J connectivity index is 3.07. The molecule has 8 amide bonds. The molecule has 10 N–H and O–H groups in total. The fourth-order valence-electron chi connectivity index (χ4n) is 5.02. The van der Waals surface area contributed by atoms with Crippen molar-refractivity contribution in [2.75, 3.05) is 25.1 Å². The van der Waals surface area contributed by atoms with Crippen LogP contribution >= 0.6 is 11.8 Å². The lowest BCUT2D eigenvalue weighted by Gasteiger charge is -2.30. The quantitative estimate of drug-likeness (QED) is 0.0677. The molecule has 1 fully saturated rings. The van der Waals surface area contributed by atoms with Gasteiger partial charge in [-0.05, 0) is 58.6 Å². The summed E-state index contributed by atoms with van der Waals surface area (Å²) in [5, 5.41) is 21.5. The topological polar surface area (TPSA) is 299 Å². The van der Waals surface area contributed by atoms with Gasteiger partial charge in [-0.25, -0.2) is 9.59 Å². The summed E-state index contributed by atoms with van der Waals surface area (Å²) in [7, 11) is 0. The first kappa shape index (κ1) is 44.4. The van der Waals surface area contributed by atoms with Crippen molar-refractivity contribution in [1.82, 2.24) is 31.5 Å². The van der Waals surface area contributed by atoms with E-state index in [-0.39, 0.29) is 43.9 Å². The van der Waals surface area contributed by atoms with Crippen molar-refractivity contribution < 1.29 is 53.0 Å². The van der Waals surface area contributed by atoms with E-state index in [1.54, 1.807) is 27.0 Å². The number of hydrogen-bond acceptors (Lipinski definition) is 11. The highest BCUT2D eigenvalue weighted by Gasteiger charge is 2.39. The number of nitrogens with zero attached hydrogens (tertiary/aromatic N) is 1. The molecule has 1 saturated heterocycles. The Bertz CT molecular complexity index is 1310. The number of primary amides is 2. The fraction of sp³-hybridized carbons (Fsp3) is 0.710. The van der Waals surface area contributed by atoms with Crippen LogP contribution in [0.1, 0.15) is 73.1 Å². The zero-order valence-corrected chi connectivity index (χ0v) is 30.7. The molecule has 0 aromatic heterocycles. The monoisotopic (exact) mass is 744 g/mol. The largest absolute Gasteiger partial charge is 0.480 e. The first-order chi connectivity index (χ1) is 23.6. The number of aliphatic carboxylic acids is 1. The Labute approximate surface area is 300 Å². The number of rotatable bonds is 20. The van der Waals surface area contributed by atoms with Gasteiger partial charge in [0.05, 0.1) is 6.42 Å². The lowest BCUT2D eigenvalue weighted by molar-refractivity contribution is -0.143. The molecule has 0 radical (unpaired) electrons. The number of carboxylic acid groups (broad SMARTS) is 1. The number of nitrogens with two attached hydrogens (primary N) is 2. The molecule has 0 saturated carbocycles. The Morgan fingerprint density at radius 3 is 2.02 bits per heavy atom. The van der Waals surface area contributed by atoms with E-state index in [0.717, 1.165) is 0 Å². The molecule has 1 aliphatic heterocycles. The van der Waals surface area contributed by atoms with Crippen LogP contribution in [0.5, 0.6) is 0 Å². The van der Waals surface area contributed by atoms with E-state index in [9.17, 15) is 48.3 Å². The van der Waals surface area contributed by atoms with Gasteiger partial charge in [-0.3, -0.25) is 33.6 Å². The van der Waals surface area contributed by atoms with Crippen LogP contribution in [0.15, 0.2) is 0 Å². The van der Waals surface area contributed by atoms with E-state index in [1.165, 1.54) is 16.7 Å². The maximum absolute atomic E-state index is 13.7. The van der Waals surface area contributed by atoms with E-state index in [2.05, 4.69) is 26.6 Å². The van der Waals surface area contributed by atoms with E-state index in [4.69, 9.17) is 16.2 Å². The Morgan fingerprint density at radius 2 is 1.49 bits per heavy atom. The molecule has 1 heterocycles.